The van der Waals surface area contributed by atoms with Crippen LogP contribution in [0.2, 0.25) is 0 Å². The van der Waals surface area contributed by atoms with Gasteiger partial charge in [-0.1, -0.05) is 258 Å². The van der Waals surface area contributed by atoms with Crippen LogP contribution in [0.5, 0.6) is 0 Å². The second-order valence-electron chi connectivity index (χ2n) is 16.7. The summed E-state index contributed by atoms with van der Waals surface area (Å²) in [4.78, 5) is 13.0. The van der Waals surface area contributed by atoms with Crippen molar-refractivity contribution < 1.29 is 19.0 Å². The predicted octanol–water partition coefficient (Wildman–Crippen LogP) is 16.6. The first kappa shape index (κ1) is 52.4. The van der Waals surface area contributed by atoms with E-state index < -0.39 is 6.10 Å². The van der Waals surface area contributed by atoms with E-state index in [-0.39, 0.29) is 5.97 Å². The van der Waals surface area contributed by atoms with Gasteiger partial charge in [0.25, 0.3) is 0 Å². The topological polar surface area (TPSA) is 44.8 Å². The lowest BCUT2D eigenvalue weighted by molar-refractivity contribution is -0.161. The van der Waals surface area contributed by atoms with Crippen LogP contribution in [0.15, 0.2) is 0 Å². The Labute approximate surface area is 334 Å². The number of esters is 1. The van der Waals surface area contributed by atoms with E-state index in [0.717, 1.165) is 25.7 Å². The van der Waals surface area contributed by atoms with E-state index in [1.54, 1.807) is 0 Å². The number of ether oxygens (including phenoxy) is 3. The first-order valence-corrected chi connectivity index (χ1v) is 24.6. The van der Waals surface area contributed by atoms with Crippen LogP contribution in [0.4, 0.5) is 0 Å². The Morgan fingerprint density at radius 3 is 0.868 bits per heavy atom. The Morgan fingerprint density at radius 1 is 0.321 bits per heavy atom. The Bertz CT molecular complexity index is 667. The second-order valence-corrected chi connectivity index (χ2v) is 16.7. The molecule has 0 spiro atoms. The fraction of sp³-hybridized carbons (Fsp3) is 0.980. The summed E-state index contributed by atoms with van der Waals surface area (Å²) in [6, 6.07) is 0. The highest BCUT2D eigenvalue weighted by Crippen LogP contribution is 2.16. The van der Waals surface area contributed by atoms with Crippen molar-refractivity contribution in [2.75, 3.05) is 26.4 Å². The number of rotatable bonds is 47. The molecule has 4 heteroatoms. The van der Waals surface area contributed by atoms with Crippen LogP contribution < -0.4 is 0 Å². The zero-order valence-electron chi connectivity index (χ0n) is 36.8. The van der Waals surface area contributed by atoms with Crippen LogP contribution in [0, 0.1) is 0 Å². The van der Waals surface area contributed by atoms with Crippen molar-refractivity contribution in [1.82, 2.24) is 0 Å². The molecule has 0 aliphatic rings. The number of unbranched alkanes of at least 4 members (excludes halogenated alkanes) is 37. The number of hydrogen-bond donors (Lipinski definition) is 0. The van der Waals surface area contributed by atoms with E-state index in [2.05, 4.69) is 20.8 Å². The summed E-state index contributed by atoms with van der Waals surface area (Å²) in [6.45, 7) is 9.02. The van der Waals surface area contributed by atoms with Gasteiger partial charge in [-0.3, -0.25) is 0 Å². The fourth-order valence-electron chi connectivity index (χ4n) is 7.50. The van der Waals surface area contributed by atoms with Crippen LogP contribution in [-0.2, 0) is 19.0 Å². The van der Waals surface area contributed by atoms with Crippen molar-refractivity contribution in [2.24, 2.45) is 0 Å². The lowest BCUT2D eigenvalue weighted by atomic mass is 10.0. The molecule has 318 valence electrons. The van der Waals surface area contributed by atoms with Gasteiger partial charge >= 0.3 is 5.97 Å². The van der Waals surface area contributed by atoms with Gasteiger partial charge in [0, 0.05) is 13.2 Å². The van der Waals surface area contributed by atoms with Gasteiger partial charge in [-0.05, 0) is 19.3 Å². The SMILES string of the molecule is CCCCCCCCCCCCCCCCCCCCCCOC(=O)C(COCCCCCCCCCCCC)OCCCCCCCCCCCC. The monoisotopic (exact) mass is 751 g/mol. The Hall–Kier alpha value is -0.610. The summed E-state index contributed by atoms with van der Waals surface area (Å²) in [6.07, 6.45) is 53.0. The molecule has 53 heavy (non-hydrogen) atoms. The minimum atomic E-state index is -0.582. The van der Waals surface area contributed by atoms with Crippen LogP contribution in [-0.4, -0.2) is 38.5 Å². The first-order valence-electron chi connectivity index (χ1n) is 24.6. The third kappa shape index (κ3) is 44.0. The number of carbonyl (C=O) groups excluding carboxylic acids is 1. The van der Waals surface area contributed by atoms with Gasteiger partial charge in [-0.15, -0.1) is 0 Å². The largest absolute Gasteiger partial charge is 0.464 e. The van der Waals surface area contributed by atoms with Crippen LogP contribution in [0.1, 0.15) is 278 Å². The van der Waals surface area contributed by atoms with Crippen molar-refractivity contribution in [3.05, 3.63) is 0 Å². The third-order valence-corrected chi connectivity index (χ3v) is 11.2. The molecule has 0 aliphatic heterocycles. The van der Waals surface area contributed by atoms with Crippen molar-refractivity contribution in [3.63, 3.8) is 0 Å². The molecule has 0 saturated carbocycles. The maximum Gasteiger partial charge on any atom is 0.337 e. The molecule has 0 N–H and O–H groups in total. The first-order chi connectivity index (χ1) is 26.3. The van der Waals surface area contributed by atoms with Gasteiger partial charge in [0.2, 0.25) is 0 Å². The Kier molecular flexibility index (Phi) is 47.0. The summed E-state index contributed by atoms with van der Waals surface area (Å²) < 4.78 is 17.7. The average Bonchev–Trinajstić information content (AvgIpc) is 3.17. The zero-order valence-corrected chi connectivity index (χ0v) is 36.8. The average molecular weight is 751 g/mol. The van der Waals surface area contributed by atoms with E-state index in [0.29, 0.717) is 26.4 Å². The van der Waals surface area contributed by atoms with E-state index in [1.165, 1.54) is 231 Å². The molecule has 0 rings (SSSR count). The zero-order chi connectivity index (χ0) is 38.4. The highest BCUT2D eigenvalue weighted by atomic mass is 16.6. The molecule has 0 radical (unpaired) electrons. The summed E-state index contributed by atoms with van der Waals surface area (Å²) in [5.41, 5.74) is 0. The summed E-state index contributed by atoms with van der Waals surface area (Å²) in [7, 11) is 0. The van der Waals surface area contributed by atoms with Crippen LogP contribution >= 0.6 is 0 Å². The highest BCUT2D eigenvalue weighted by Gasteiger charge is 2.21. The van der Waals surface area contributed by atoms with Crippen molar-refractivity contribution in [2.45, 2.75) is 284 Å². The molecule has 1 atom stereocenters. The molecular formula is C49H98O4. The summed E-state index contributed by atoms with van der Waals surface area (Å²) in [5.74, 6) is -0.224. The van der Waals surface area contributed by atoms with Crippen molar-refractivity contribution in [3.8, 4) is 0 Å². The molecule has 0 aromatic heterocycles. The fourth-order valence-corrected chi connectivity index (χ4v) is 7.50. The maximum absolute atomic E-state index is 13.0. The standard InChI is InChI=1S/C49H98O4/c1-4-7-10-13-16-19-22-23-24-25-26-27-28-29-30-31-34-37-40-43-46-53-49(50)48(52-45-42-39-36-33-21-18-15-12-9-6-3)47-51-44-41-38-35-32-20-17-14-11-8-5-2/h48H,4-47H2,1-3H3. The van der Waals surface area contributed by atoms with Crippen molar-refractivity contribution in [1.29, 1.82) is 0 Å². The van der Waals surface area contributed by atoms with E-state index in [9.17, 15) is 4.79 Å². The molecule has 0 saturated heterocycles. The molecule has 0 aromatic carbocycles. The molecule has 1 unspecified atom stereocenters. The van der Waals surface area contributed by atoms with Crippen LogP contribution in [0.25, 0.3) is 0 Å². The lowest BCUT2D eigenvalue weighted by Crippen LogP contribution is -2.32. The summed E-state index contributed by atoms with van der Waals surface area (Å²) in [5, 5.41) is 0. The smallest absolute Gasteiger partial charge is 0.337 e. The molecule has 0 aliphatic carbocycles. The molecule has 4 nitrogen and oxygen atoms in total. The van der Waals surface area contributed by atoms with Gasteiger partial charge in [-0.25, -0.2) is 4.79 Å². The van der Waals surface area contributed by atoms with Gasteiger partial charge < -0.3 is 14.2 Å². The van der Waals surface area contributed by atoms with Gasteiger partial charge in [-0.2, -0.15) is 0 Å². The minimum absolute atomic E-state index is 0.224. The Morgan fingerprint density at radius 2 is 0.566 bits per heavy atom. The number of carbonyl (C=O) groups is 1. The third-order valence-electron chi connectivity index (χ3n) is 11.2. The predicted molar refractivity (Wildman–Crippen MR) is 233 cm³/mol. The maximum atomic E-state index is 13.0. The van der Waals surface area contributed by atoms with E-state index >= 15 is 0 Å². The molecule has 0 fully saturated rings. The molecule has 0 amide bonds. The van der Waals surface area contributed by atoms with Gasteiger partial charge in [0.1, 0.15) is 0 Å². The van der Waals surface area contributed by atoms with E-state index in [4.69, 9.17) is 14.2 Å². The van der Waals surface area contributed by atoms with Gasteiger partial charge in [0.15, 0.2) is 6.10 Å². The number of hydrogen-bond acceptors (Lipinski definition) is 4. The minimum Gasteiger partial charge on any atom is -0.464 e. The normalized spacial score (nSPS) is 12.1. The quantitative estimate of drug-likeness (QED) is 0.0459. The van der Waals surface area contributed by atoms with Crippen LogP contribution in [0.3, 0.4) is 0 Å². The molecule has 0 bridgehead atoms. The summed E-state index contributed by atoms with van der Waals surface area (Å²) >= 11 is 0. The Balaban J connectivity index is 3.93. The van der Waals surface area contributed by atoms with E-state index in [1.807, 2.05) is 0 Å². The molecule has 0 aromatic rings. The van der Waals surface area contributed by atoms with Gasteiger partial charge in [0.05, 0.1) is 13.2 Å². The van der Waals surface area contributed by atoms with Crippen molar-refractivity contribution >= 4 is 5.97 Å². The molecule has 0 heterocycles. The molecular weight excluding hydrogens is 653 g/mol. The highest BCUT2D eigenvalue weighted by molar-refractivity contribution is 5.74. The lowest BCUT2D eigenvalue weighted by Gasteiger charge is -2.17. The second kappa shape index (κ2) is 47.5.